The van der Waals surface area contributed by atoms with E-state index in [1.807, 2.05) is 6.92 Å². The molecule has 0 rings (SSSR count). The number of alkyl halides is 1. The molecule has 0 aromatic rings. The minimum atomic E-state index is -0.0696. The average molecular weight is 348 g/mol. The van der Waals surface area contributed by atoms with Crippen molar-refractivity contribution in [2.45, 2.75) is 95.7 Å². The monoisotopic (exact) mass is 347 g/mol. The van der Waals surface area contributed by atoms with Crippen molar-refractivity contribution in [3.8, 4) is 0 Å². The van der Waals surface area contributed by atoms with Crippen LogP contribution in [-0.2, 0) is 4.79 Å². The lowest BCUT2D eigenvalue weighted by Gasteiger charge is -2.06. The van der Waals surface area contributed by atoms with Crippen LogP contribution >= 0.6 is 15.9 Å². The molecule has 0 spiro atoms. The number of unbranched alkanes of at least 4 members (excludes halogenated alkanes) is 11. The van der Waals surface area contributed by atoms with Gasteiger partial charge in [0.1, 0.15) is 0 Å². The van der Waals surface area contributed by atoms with Crippen LogP contribution in [0.5, 0.6) is 0 Å². The van der Waals surface area contributed by atoms with Gasteiger partial charge in [0.05, 0.1) is 4.83 Å². The van der Waals surface area contributed by atoms with Crippen LogP contribution in [0.15, 0.2) is 0 Å². The first-order valence-corrected chi connectivity index (χ1v) is 9.51. The zero-order valence-corrected chi connectivity index (χ0v) is 15.1. The number of carbonyl (C=O) groups excluding carboxylic acids is 1. The number of rotatable bonds is 14. The average Bonchev–Trinajstić information content (AvgIpc) is 2.43. The van der Waals surface area contributed by atoms with Crippen LogP contribution in [-0.4, -0.2) is 17.3 Å². The topological polar surface area (TPSA) is 29.1 Å². The Balaban J connectivity index is 3.04. The highest BCUT2D eigenvalue weighted by atomic mass is 79.9. The van der Waals surface area contributed by atoms with Crippen LogP contribution in [0.2, 0.25) is 0 Å². The summed E-state index contributed by atoms with van der Waals surface area (Å²) in [5.41, 5.74) is 0. The molecule has 0 aromatic heterocycles. The van der Waals surface area contributed by atoms with Gasteiger partial charge in [-0.2, -0.15) is 0 Å². The maximum absolute atomic E-state index is 11.3. The molecule has 20 heavy (non-hydrogen) atoms. The lowest BCUT2D eigenvalue weighted by Crippen LogP contribution is -2.30. The van der Waals surface area contributed by atoms with Gasteiger partial charge >= 0.3 is 0 Å². The molecule has 1 atom stereocenters. The minimum absolute atomic E-state index is 0.0696. The summed E-state index contributed by atoms with van der Waals surface area (Å²) in [5, 5.41) is 2.93. The van der Waals surface area contributed by atoms with Crippen molar-refractivity contribution in [1.29, 1.82) is 0 Å². The Morgan fingerprint density at radius 2 is 1.25 bits per heavy atom. The first kappa shape index (κ1) is 19.9. The smallest absolute Gasteiger partial charge is 0.233 e. The molecule has 0 saturated heterocycles. The highest BCUT2D eigenvalue weighted by Crippen LogP contribution is 2.11. The molecule has 120 valence electrons. The fraction of sp³-hybridized carbons (Fsp3) is 0.941. The van der Waals surface area contributed by atoms with Crippen molar-refractivity contribution in [1.82, 2.24) is 5.32 Å². The Labute approximate surface area is 134 Å². The number of halogens is 1. The molecule has 1 amide bonds. The van der Waals surface area contributed by atoms with Crippen LogP contribution in [0.1, 0.15) is 90.9 Å². The van der Waals surface area contributed by atoms with Crippen molar-refractivity contribution in [2.24, 2.45) is 0 Å². The molecule has 0 radical (unpaired) electrons. The van der Waals surface area contributed by atoms with E-state index in [0.29, 0.717) is 0 Å². The molecular weight excluding hydrogens is 314 g/mol. The summed E-state index contributed by atoms with van der Waals surface area (Å²) in [6.45, 7) is 4.95. The van der Waals surface area contributed by atoms with Gasteiger partial charge in [-0.3, -0.25) is 4.79 Å². The van der Waals surface area contributed by atoms with Gasteiger partial charge in [-0.25, -0.2) is 0 Å². The highest BCUT2D eigenvalue weighted by Gasteiger charge is 2.06. The first-order valence-electron chi connectivity index (χ1n) is 8.60. The second-order valence-electron chi connectivity index (χ2n) is 5.80. The molecule has 0 heterocycles. The molecule has 0 saturated carbocycles. The van der Waals surface area contributed by atoms with E-state index in [0.717, 1.165) is 13.0 Å². The third kappa shape index (κ3) is 14.4. The Bertz CT molecular complexity index is 219. The largest absolute Gasteiger partial charge is 0.355 e. The number of carbonyl (C=O) groups is 1. The van der Waals surface area contributed by atoms with Gasteiger partial charge in [0.15, 0.2) is 0 Å². The molecular formula is C17H34BrNO. The first-order chi connectivity index (χ1) is 9.68. The Morgan fingerprint density at radius 1 is 0.850 bits per heavy atom. The zero-order chi connectivity index (χ0) is 15.1. The van der Waals surface area contributed by atoms with Gasteiger partial charge < -0.3 is 5.32 Å². The molecule has 0 aliphatic rings. The van der Waals surface area contributed by atoms with Crippen molar-refractivity contribution >= 4 is 21.8 Å². The Morgan fingerprint density at radius 3 is 1.65 bits per heavy atom. The highest BCUT2D eigenvalue weighted by molar-refractivity contribution is 9.10. The minimum Gasteiger partial charge on any atom is -0.355 e. The molecule has 0 aliphatic heterocycles. The van der Waals surface area contributed by atoms with Gasteiger partial charge in [-0.15, -0.1) is 0 Å². The predicted octanol–water partition coefficient (Wildman–Crippen LogP) is 5.59. The quantitative estimate of drug-likeness (QED) is 0.322. The number of nitrogens with one attached hydrogen (secondary N) is 1. The number of amides is 1. The fourth-order valence-electron chi connectivity index (χ4n) is 2.32. The van der Waals surface area contributed by atoms with E-state index >= 15 is 0 Å². The van der Waals surface area contributed by atoms with Crippen LogP contribution in [0, 0.1) is 0 Å². The molecule has 0 aliphatic carbocycles. The van der Waals surface area contributed by atoms with Gasteiger partial charge in [0, 0.05) is 6.54 Å². The fourth-order valence-corrected chi connectivity index (χ4v) is 2.48. The van der Waals surface area contributed by atoms with Gasteiger partial charge in [0.25, 0.3) is 0 Å². The summed E-state index contributed by atoms with van der Waals surface area (Å²) in [6, 6.07) is 0. The summed E-state index contributed by atoms with van der Waals surface area (Å²) in [5.74, 6) is 0.105. The molecule has 0 fully saturated rings. The number of hydrogen-bond donors (Lipinski definition) is 1. The van der Waals surface area contributed by atoms with Gasteiger partial charge in [-0.05, 0) is 13.3 Å². The van der Waals surface area contributed by atoms with Crippen molar-refractivity contribution in [3.63, 3.8) is 0 Å². The lowest BCUT2D eigenvalue weighted by atomic mass is 10.1. The maximum atomic E-state index is 11.3. The Kier molecular flexibility index (Phi) is 15.3. The molecule has 1 unspecified atom stereocenters. The summed E-state index contributed by atoms with van der Waals surface area (Å²) in [7, 11) is 0. The predicted molar refractivity (Wildman–Crippen MR) is 92.5 cm³/mol. The van der Waals surface area contributed by atoms with Crippen molar-refractivity contribution < 1.29 is 4.79 Å². The standard InChI is InChI=1S/C17H34BrNO/c1-3-4-5-6-7-8-9-10-11-12-13-14-15-19-17(20)16(2)18/h16H,3-15H2,1-2H3,(H,19,20). The van der Waals surface area contributed by atoms with Crippen LogP contribution < -0.4 is 5.32 Å². The van der Waals surface area contributed by atoms with Gasteiger partial charge in [0.2, 0.25) is 5.91 Å². The SMILES string of the molecule is CCCCCCCCCCCCCCNC(=O)C(C)Br. The third-order valence-electron chi connectivity index (χ3n) is 3.69. The van der Waals surface area contributed by atoms with Crippen LogP contribution in [0.25, 0.3) is 0 Å². The molecule has 0 bridgehead atoms. The molecule has 1 N–H and O–H groups in total. The second-order valence-corrected chi connectivity index (χ2v) is 7.17. The molecule has 3 heteroatoms. The molecule has 0 aromatic carbocycles. The summed E-state index contributed by atoms with van der Waals surface area (Å²) in [4.78, 5) is 11.2. The van der Waals surface area contributed by atoms with Crippen molar-refractivity contribution in [3.05, 3.63) is 0 Å². The van der Waals surface area contributed by atoms with Crippen LogP contribution in [0.4, 0.5) is 0 Å². The van der Waals surface area contributed by atoms with E-state index in [9.17, 15) is 4.79 Å². The third-order valence-corrected chi connectivity index (χ3v) is 4.11. The van der Waals surface area contributed by atoms with Gasteiger partial charge in [-0.1, -0.05) is 93.5 Å². The van der Waals surface area contributed by atoms with Crippen molar-refractivity contribution in [2.75, 3.05) is 6.54 Å². The Hall–Kier alpha value is -0.0500. The van der Waals surface area contributed by atoms with Crippen LogP contribution in [0.3, 0.4) is 0 Å². The van der Waals surface area contributed by atoms with E-state index in [4.69, 9.17) is 0 Å². The second kappa shape index (κ2) is 15.3. The van der Waals surface area contributed by atoms with E-state index in [2.05, 4.69) is 28.2 Å². The summed E-state index contributed by atoms with van der Waals surface area (Å²) < 4.78 is 0. The van der Waals surface area contributed by atoms with E-state index in [1.165, 1.54) is 70.6 Å². The summed E-state index contributed by atoms with van der Waals surface area (Å²) >= 11 is 3.27. The molecule has 2 nitrogen and oxygen atoms in total. The van der Waals surface area contributed by atoms with E-state index in [-0.39, 0.29) is 10.7 Å². The lowest BCUT2D eigenvalue weighted by molar-refractivity contribution is -0.120. The summed E-state index contributed by atoms with van der Waals surface area (Å²) in [6.07, 6.45) is 16.3. The van der Waals surface area contributed by atoms with E-state index in [1.54, 1.807) is 0 Å². The van der Waals surface area contributed by atoms with E-state index < -0.39 is 0 Å². The maximum Gasteiger partial charge on any atom is 0.233 e. The number of hydrogen-bond acceptors (Lipinski definition) is 1. The normalized spacial score (nSPS) is 12.3. The zero-order valence-electron chi connectivity index (χ0n) is 13.6.